The molecule has 18 heavy (non-hydrogen) atoms. The minimum absolute atomic E-state index is 0.493. The summed E-state index contributed by atoms with van der Waals surface area (Å²) < 4.78 is 7.71. The van der Waals surface area contributed by atoms with Crippen molar-refractivity contribution in [2.75, 3.05) is 13.7 Å². The predicted molar refractivity (Wildman–Crippen MR) is 74.6 cm³/mol. The van der Waals surface area contributed by atoms with Crippen LogP contribution < -0.4 is 10.1 Å². The van der Waals surface area contributed by atoms with Gasteiger partial charge in [0.15, 0.2) is 0 Å². The van der Waals surface area contributed by atoms with E-state index in [0.29, 0.717) is 5.92 Å². The molecule has 4 heteroatoms. The number of halogens is 1. The lowest BCUT2D eigenvalue weighted by molar-refractivity contribution is 0.417. The van der Waals surface area contributed by atoms with E-state index in [-0.39, 0.29) is 0 Å². The molecule has 0 saturated heterocycles. The van der Waals surface area contributed by atoms with Gasteiger partial charge in [-0.15, -0.1) is 0 Å². The first-order valence-electron chi connectivity index (χ1n) is 6.19. The van der Waals surface area contributed by atoms with E-state index in [9.17, 15) is 0 Å². The van der Waals surface area contributed by atoms with E-state index in [4.69, 9.17) is 16.3 Å². The maximum atomic E-state index is 6.39. The maximum absolute atomic E-state index is 6.39. The molecule has 1 atom stereocenters. The Balaban J connectivity index is 2.45. The van der Waals surface area contributed by atoms with E-state index in [1.54, 1.807) is 7.11 Å². The molecule has 1 unspecified atom stereocenters. The molecular formula is C14H17ClN2O. The topological polar surface area (TPSA) is 26.2 Å². The van der Waals surface area contributed by atoms with Crippen LogP contribution in [0.25, 0.3) is 10.9 Å². The summed E-state index contributed by atoms with van der Waals surface area (Å²) in [5, 5.41) is 5.38. The number of ether oxygens (including phenoxy) is 1. The highest BCUT2D eigenvalue weighted by Crippen LogP contribution is 2.40. The summed E-state index contributed by atoms with van der Waals surface area (Å²) in [6, 6.07) is 3.86. The highest BCUT2D eigenvalue weighted by Gasteiger charge is 2.26. The van der Waals surface area contributed by atoms with Crippen LogP contribution in [0.15, 0.2) is 12.1 Å². The first kappa shape index (κ1) is 11.9. The van der Waals surface area contributed by atoms with Crippen molar-refractivity contribution in [3.63, 3.8) is 0 Å². The summed E-state index contributed by atoms with van der Waals surface area (Å²) in [7, 11) is 3.80. The number of hydrogen-bond donors (Lipinski definition) is 1. The number of hydrogen-bond acceptors (Lipinski definition) is 2. The zero-order valence-electron chi connectivity index (χ0n) is 10.9. The van der Waals surface area contributed by atoms with Crippen molar-refractivity contribution < 1.29 is 4.74 Å². The van der Waals surface area contributed by atoms with Crippen molar-refractivity contribution in [3.8, 4) is 5.75 Å². The highest BCUT2D eigenvalue weighted by atomic mass is 35.5. The second kappa shape index (κ2) is 4.18. The zero-order valence-corrected chi connectivity index (χ0v) is 11.6. The smallest absolute Gasteiger partial charge is 0.143 e. The summed E-state index contributed by atoms with van der Waals surface area (Å²) in [5.41, 5.74) is 3.79. The normalized spacial score (nSPS) is 19.0. The van der Waals surface area contributed by atoms with Crippen LogP contribution in [0, 0.1) is 0 Å². The van der Waals surface area contributed by atoms with Gasteiger partial charge in [0.25, 0.3) is 0 Å². The summed E-state index contributed by atoms with van der Waals surface area (Å²) >= 11 is 6.39. The van der Waals surface area contributed by atoms with E-state index in [0.717, 1.165) is 34.8 Å². The van der Waals surface area contributed by atoms with Gasteiger partial charge in [-0.1, -0.05) is 18.5 Å². The summed E-state index contributed by atoms with van der Waals surface area (Å²) in [6.45, 7) is 4.13. The number of benzene rings is 1. The number of aryl methyl sites for hydroxylation is 1. The Morgan fingerprint density at radius 2 is 2.22 bits per heavy atom. The molecule has 2 aromatic rings. The van der Waals surface area contributed by atoms with Gasteiger partial charge in [0.2, 0.25) is 0 Å². The summed E-state index contributed by atoms with van der Waals surface area (Å²) in [6.07, 6.45) is 0. The number of methoxy groups -OCH3 is 1. The average Bonchev–Trinajstić information content (AvgIpc) is 2.67. The van der Waals surface area contributed by atoms with E-state index in [2.05, 4.69) is 23.9 Å². The lowest BCUT2D eigenvalue weighted by atomic mass is 9.98. The van der Waals surface area contributed by atoms with Crippen LogP contribution in [0.2, 0.25) is 5.02 Å². The van der Waals surface area contributed by atoms with Gasteiger partial charge >= 0.3 is 0 Å². The molecule has 0 radical (unpaired) electrons. The van der Waals surface area contributed by atoms with Crippen molar-refractivity contribution >= 4 is 22.5 Å². The standard InChI is InChI=1S/C14H17ClN2O/c1-8-6-16-7-9-12-10(15)4-5-11(18-3)14(12)17(2)13(8)9/h4-5,8,16H,6-7H2,1-3H3. The average molecular weight is 265 g/mol. The Morgan fingerprint density at radius 3 is 2.94 bits per heavy atom. The van der Waals surface area contributed by atoms with E-state index < -0.39 is 0 Å². The number of nitrogens with one attached hydrogen (secondary N) is 1. The van der Waals surface area contributed by atoms with Crippen LogP contribution in [-0.2, 0) is 13.6 Å². The molecule has 96 valence electrons. The first-order valence-corrected chi connectivity index (χ1v) is 6.57. The SMILES string of the molecule is COc1ccc(Cl)c2c3c(n(C)c12)C(C)CNC3. The molecule has 3 nitrogen and oxygen atoms in total. The fourth-order valence-electron chi connectivity index (χ4n) is 3.10. The quantitative estimate of drug-likeness (QED) is 0.857. The van der Waals surface area contributed by atoms with Crippen LogP contribution in [0.1, 0.15) is 24.1 Å². The molecule has 2 heterocycles. The van der Waals surface area contributed by atoms with Crippen molar-refractivity contribution in [2.24, 2.45) is 7.05 Å². The fraction of sp³-hybridized carbons (Fsp3) is 0.429. The van der Waals surface area contributed by atoms with Crippen LogP contribution in [0.3, 0.4) is 0 Å². The van der Waals surface area contributed by atoms with Crippen molar-refractivity contribution in [2.45, 2.75) is 19.4 Å². The van der Waals surface area contributed by atoms with Gasteiger partial charge < -0.3 is 14.6 Å². The first-order chi connectivity index (χ1) is 8.65. The predicted octanol–water partition coefficient (Wildman–Crippen LogP) is 3.05. The lowest BCUT2D eigenvalue weighted by Crippen LogP contribution is -2.27. The number of fused-ring (bicyclic) bond motifs is 3. The van der Waals surface area contributed by atoms with E-state index in [1.165, 1.54) is 11.3 Å². The zero-order chi connectivity index (χ0) is 12.9. The number of nitrogens with zero attached hydrogens (tertiary/aromatic N) is 1. The van der Waals surface area contributed by atoms with E-state index >= 15 is 0 Å². The van der Waals surface area contributed by atoms with Crippen LogP contribution in [0.5, 0.6) is 5.75 Å². The molecule has 0 bridgehead atoms. The molecule has 1 aromatic heterocycles. The molecule has 0 amide bonds. The van der Waals surface area contributed by atoms with Crippen molar-refractivity contribution in [1.82, 2.24) is 9.88 Å². The molecule has 0 spiro atoms. The molecule has 1 aliphatic heterocycles. The van der Waals surface area contributed by atoms with Gasteiger partial charge in [-0.2, -0.15) is 0 Å². The molecule has 3 rings (SSSR count). The molecule has 1 aliphatic rings. The molecule has 1 N–H and O–H groups in total. The van der Waals surface area contributed by atoms with Crippen molar-refractivity contribution in [3.05, 3.63) is 28.4 Å². The number of aromatic nitrogens is 1. The monoisotopic (exact) mass is 264 g/mol. The van der Waals surface area contributed by atoms with Gasteiger partial charge in [-0.05, 0) is 17.7 Å². The lowest BCUT2D eigenvalue weighted by Gasteiger charge is -2.22. The second-order valence-electron chi connectivity index (χ2n) is 4.93. The fourth-order valence-corrected chi connectivity index (χ4v) is 3.37. The van der Waals surface area contributed by atoms with Crippen LogP contribution in [-0.4, -0.2) is 18.2 Å². The Hall–Kier alpha value is -1.19. The Morgan fingerprint density at radius 1 is 1.44 bits per heavy atom. The third-order valence-corrected chi connectivity index (χ3v) is 4.15. The summed E-state index contributed by atoms with van der Waals surface area (Å²) in [4.78, 5) is 0. The number of rotatable bonds is 1. The molecule has 0 aliphatic carbocycles. The largest absolute Gasteiger partial charge is 0.495 e. The Kier molecular flexibility index (Phi) is 2.76. The van der Waals surface area contributed by atoms with Gasteiger partial charge in [0.05, 0.1) is 17.6 Å². The Bertz CT molecular complexity index is 618. The van der Waals surface area contributed by atoms with Crippen molar-refractivity contribution in [1.29, 1.82) is 0 Å². The van der Waals surface area contributed by atoms with Gasteiger partial charge in [-0.25, -0.2) is 0 Å². The van der Waals surface area contributed by atoms with Gasteiger partial charge in [0, 0.05) is 37.1 Å². The van der Waals surface area contributed by atoms with E-state index in [1.807, 2.05) is 12.1 Å². The van der Waals surface area contributed by atoms with Gasteiger partial charge in [0.1, 0.15) is 5.75 Å². The summed E-state index contributed by atoms with van der Waals surface area (Å²) in [5.74, 6) is 1.38. The molecular weight excluding hydrogens is 248 g/mol. The molecule has 0 saturated carbocycles. The molecule has 0 fully saturated rings. The van der Waals surface area contributed by atoms with Crippen LogP contribution in [0.4, 0.5) is 0 Å². The highest BCUT2D eigenvalue weighted by molar-refractivity contribution is 6.36. The maximum Gasteiger partial charge on any atom is 0.143 e. The van der Waals surface area contributed by atoms with Crippen LogP contribution >= 0.6 is 11.6 Å². The minimum Gasteiger partial charge on any atom is -0.495 e. The third kappa shape index (κ3) is 1.47. The minimum atomic E-state index is 0.493. The third-order valence-electron chi connectivity index (χ3n) is 3.84. The Labute approximate surface area is 112 Å². The molecule has 1 aromatic carbocycles. The second-order valence-corrected chi connectivity index (χ2v) is 5.34. The van der Waals surface area contributed by atoms with Gasteiger partial charge in [-0.3, -0.25) is 0 Å².